The highest BCUT2D eigenvalue weighted by Gasteiger charge is 2.30. The minimum Gasteiger partial charge on any atom is -0.373 e. The number of halogens is 2. The average Bonchev–Trinajstić information content (AvgIpc) is 2.71. The first kappa shape index (κ1) is 13.5. The summed E-state index contributed by atoms with van der Waals surface area (Å²) in [5, 5.41) is 3.37. The lowest BCUT2D eigenvalue weighted by molar-refractivity contribution is 0.0331. The van der Waals surface area contributed by atoms with Gasteiger partial charge in [0.15, 0.2) is 0 Å². The Morgan fingerprint density at radius 1 is 1.35 bits per heavy atom. The zero-order chi connectivity index (χ0) is 12.4. The van der Waals surface area contributed by atoms with Gasteiger partial charge in [-0.25, -0.2) is 0 Å². The number of ether oxygens (including phenoxy) is 1. The number of hydrogen-bond acceptors (Lipinski definition) is 2. The van der Waals surface area contributed by atoms with Crippen LogP contribution in [0.5, 0.6) is 0 Å². The molecule has 1 aliphatic rings. The molecule has 1 aromatic carbocycles. The summed E-state index contributed by atoms with van der Waals surface area (Å²) in [6.45, 7) is 2.14. The molecule has 0 radical (unpaired) electrons. The zero-order valence-electron chi connectivity index (χ0n) is 10.0. The Balaban J connectivity index is 2.25. The van der Waals surface area contributed by atoms with Crippen LogP contribution in [0.4, 0.5) is 0 Å². The standard InChI is InChI=1S/C13H17Br2NO/c1-8-3-6-12(17-8)13(16-2)10-7-9(14)4-5-11(10)15/h4-5,7-8,12-13,16H,3,6H2,1-2H3. The van der Waals surface area contributed by atoms with Crippen LogP contribution in [0.15, 0.2) is 27.1 Å². The highest BCUT2D eigenvalue weighted by molar-refractivity contribution is 9.11. The van der Waals surface area contributed by atoms with Crippen LogP contribution in [0.1, 0.15) is 31.4 Å². The van der Waals surface area contributed by atoms with Gasteiger partial charge >= 0.3 is 0 Å². The fourth-order valence-electron chi connectivity index (χ4n) is 2.37. The maximum atomic E-state index is 5.96. The van der Waals surface area contributed by atoms with Crippen molar-refractivity contribution in [1.82, 2.24) is 5.32 Å². The van der Waals surface area contributed by atoms with E-state index in [9.17, 15) is 0 Å². The van der Waals surface area contributed by atoms with Gasteiger partial charge in [-0.05, 0) is 50.6 Å². The molecule has 2 nitrogen and oxygen atoms in total. The molecule has 0 aromatic heterocycles. The summed E-state index contributed by atoms with van der Waals surface area (Å²) in [6.07, 6.45) is 2.91. The van der Waals surface area contributed by atoms with Crippen molar-refractivity contribution in [1.29, 1.82) is 0 Å². The first-order chi connectivity index (χ1) is 8.11. The third-order valence-corrected chi connectivity index (χ3v) is 4.46. The summed E-state index contributed by atoms with van der Waals surface area (Å²) in [7, 11) is 1.99. The van der Waals surface area contributed by atoms with Crippen LogP contribution in [-0.4, -0.2) is 19.3 Å². The monoisotopic (exact) mass is 361 g/mol. The Labute approximate surface area is 119 Å². The fourth-order valence-corrected chi connectivity index (χ4v) is 3.25. The third-order valence-electron chi connectivity index (χ3n) is 3.24. The predicted molar refractivity (Wildman–Crippen MR) is 77.2 cm³/mol. The molecule has 1 aromatic rings. The first-order valence-electron chi connectivity index (χ1n) is 5.89. The smallest absolute Gasteiger partial charge is 0.0774 e. The van der Waals surface area contributed by atoms with Crippen LogP contribution in [0, 0.1) is 0 Å². The molecule has 0 bridgehead atoms. The Kier molecular flexibility index (Phi) is 4.64. The summed E-state index contributed by atoms with van der Waals surface area (Å²) in [5.41, 5.74) is 1.25. The molecule has 0 saturated carbocycles. The minimum atomic E-state index is 0.242. The van der Waals surface area contributed by atoms with E-state index in [1.165, 1.54) is 5.56 Å². The second kappa shape index (κ2) is 5.83. The topological polar surface area (TPSA) is 21.3 Å². The van der Waals surface area contributed by atoms with Gasteiger partial charge in [-0.15, -0.1) is 0 Å². The number of benzene rings is 1. The average molecular weight is 363 g/mol. The van der Waals surface area contributed by atoms with Crippen LogP contribution < -0.4 is 5.32 Å². The van der Waals surface area contributed by atoms with Gasteiger partial charge in [0.25, 0.3) is 0 Å². The van der Waals surface area contributed by atoms with Crippen molar-refractivity contribution in [3.8, 4) is 0 Å². The summed E-state index contributed by atoms with van der Waals surface area (Å²) in [4.78, 5) is 0. The number of rotatable bonds is 3. The number of hydrogen-bond donors (Lipinski definition) is 1. The van der Waals surface area contributed by atoms with Crippen LogP contribution in [0.25, 0.3) is 0 Å². The fraction of sp³-hybridized carbons (Fsp3) is 0.538. The molecule has 1 N–H and O–H groups in total. The molecule has 1 aliphatic heterocycles. The molecule has 17 heavy (non-hydrogen) atoms. The second-order valence-corrected chi connectivity index (χ2v) is 6.26. The molecule has 0 spiro atoms. The van der Waals surface area contributed by atoms with Gasteiger partial charge in [0.05, 0.1) is 18.2 Å². The lowest BCUT2D eigenvalue weighted by Crippen LogP contribution is -2.29. The molecule has 3 atom stereocenters. The van der Waals surface area contributed by atoms with Crippen LogP contribution in [0.3, 0.4) is 0 Å². The number of nitrogens with one attached hydrogen (secondary N) is 1. The molecule has 94 valence electrons. The summed E-state index contributed by atoms with van der Waals surface area (Å²) in [5.74, 6) is 0. The van der Waals surface area contributed by atoms with Gasteiger partial charge < -0.3 is 10.1 Å². The van der Waals surface area contributed by atoms with E-state index in [0.29, 0.717) is 6.10 Å². The van der Waals surface area contributed by atoms with E-state index in [-0.39, 0.29) is 12.1 Å². The van der Waals surface area contributed by atoms with Crippen molar-refractivity contribution in [2.24, 2.45) is 0 Å². The zero-order valence-corrected chi connectivity index (χ0v) is 13.2. The van der Waals surface area contributed by atoms with Gasteiger partial charge in [-0.3, -0.25) is 0 Å². The van der Waals surface area contributed by atoms with Crippen molar-refractivity contribution in [2.45, 2.75) is 38.0 Å². The van der Waals surface area contributed by atoms with E-state index >= 15 is 0 Å². The van der Waals surface area contributed by atoms with Gasteiger partial charge in [0, 0.05) is 8.95 Å². The Morgan fingerprint density at radius 2 is 2.12 bits per heavy atom. The largest absolute Gasteiger partial charge is 0.373 e. The van der Waals surface area contributed by atoms with Crippen molar-refractivity contribution in [3.05, 3.63) is 32.7 Å². The molecule has 0 amide bonds. The van der Waals surface area contributed by atoms with Crippen LogP contribution in [-0.2, 0) is 4.74 Å². The van der Waals surface area contributed by atoms with E-state index in [1.807, 2.05) is 13.1 Å². The Bertz CT molecular complexity index is 397. The van der Waals surface area contributed by atoms with Crippen molar-refractivity contribution >= 4 is 31.9 Å². The molecular formula is C13H17Br2NO. The van der Waals surface area contributed by atoms with Crippen LogP contribution >= 0.6 is 31.9 Å². The molecule has 4 heteroatoms. The molecule has 1 saturated heterocycles. The Hall–Kier alpha value is 0.1000. The van der Waals surface area contributed by atoms with E-state index < -0.39 is 0 Å². The van der Waals surface area contributed by atoms with Gasteiger partial charge in [0.1, 0.15) is 0 Å². The lowest BCUT2D eigenvalue weighted by Gasteiger charge is -2.24. The van der Waals surface area contributed by atoms with Crippen molar-refractivity contribution < 1.29 is 4.74 Å². The third kappa shape index (κ3) is 3.11. The van der Waals surface area contributed by atoms with Crippen molar-refractivity contribution in [2.75, 3.05) is 7.05 Å². The molecule has 2 rings (SSSR count). The van der Waals surface area contributed by atoms with E-state index in [1.54, 1.807) is 0 Å². The van der Waals surface area contributed by atoms with E-state index in [0.717, 1.165) is 21.8 Å². The molecule has 1 fully saturated rings. The summed E-state index contributed by atoms with van der Waals surface area (Å²) >= 11 is 7.14. The van der Waals surface area contributed by atoms with Gasteiger partial charge in [-0.2, -0.15) is 0 Å². The summed E-state index contributed by atoms with van der Waals surface area (Å²) < 4.78 is 8.19. The predicted octanol–water partition coefficient (Wildman–Crippen LogP) is 4.04. The molecule has 0 aliphatic carbocycles. The Morgan fingerprint density at radius 3 is 2.71 bits per heavy atom. The first-order valence-corrected chi connectivity index (χ1v) is 7.48. The van der Waals surface area contributed by atoms with Crippen molar-refractivity contribution in [3.63, 3.8) is 0 Å². The SMILES string of the molecule is CNC(c1cc(Br)ccc1Br)C1CCC(C)O1. The maximum absolute atomic E-state index is 5.96. The molecular weight excluding hydrogens is 346 g/mol. The normalized spacial score (nSPS) is 26.1. The molecule has 1 heterocycles. The highest BCUT2D eigenvalue weighted by atomic mass is 79.9. The molecule has 3 unspecified atom stereocenters. The van der Waals surface area contributed by atoms with Crippen LogP contribution in [0.2, 0.25) is 0 Å². The minimum absolute atomic E-state index is 0.242. The number of likely N-dealkylation sites (N-methyl/N-ethyl adjacent to an activating group) is 1. The summed E-state index contributed by atoms with van der Waals surface area (Å²) in [6, 6.07) is 6.50. The van der Waals surface area contributed by atoms with Gasteiger partial charge in [0.2, 0.25) is 0 Å². The van der Waals surface area contributed by atoms with Gasteiger partial charge in [-0.1, -0.05) is 31.9 Å². The van der Waals surface area contributed by atoms with E-state index in [4.69, 9.17) is 4.74 Å². The highest BCUT2D eigenvalue weighted by Crippen LogP contribution is 2.34. The second-order valence-electron chi connectivity index (χ2n) is 4.49. The quantitative estimate of drug-likeness (QED) is 0.876. The lowest BCUT2D eigenvalue weighted by atomic mass is 9.99. The maximum Gasteiger partial charge on any atom is 0.0774 e. The van der Waals surface area contributed by atoms with E-state index in [2.05, 4.69) is 56.2 Å².